The molecule has 2 aromatic rings. The average molecular weight is 245 g/mol. The van der Waals surface area contributed by atoms with Gasteiger partial charge < -0.3 is 11.1 Å². The van der Waals surface area contributed by atoms with Crippen molar-refractivity contribution in [3.05, 3.63) is 40.8 Å². The molecule has 0 bridgehead atoms. The Morgan fingerprint density at radius 2 is 2.28 bits per heavy atom. The van der Waals surface area contributed by atoms with Crippen LogP contribution in [-0.4, -0.2) is 21.1 Å². The van der Waals surface area contributed by atoms with Crippen LogP contribution in [0.1, 0.15) is 27.3 Å². The summed E-state index contributed by atoms with van der Waals surface area (Å²) in [6.45, 7) is 4.08. The minimum atomic E-state index is -0.246. The zero-order valence-electron chi connectivity index (χ0n) is 10.3. The van der Waals surface area contributed by atoms with E-state index in [1.165, 1.54) is 0 Å². The summed E-state index contributed by atoms with van der Waals surface area (Å²) >= 11 is 0. The number of nitrogens with zero attached hydrogens (tertiary/aromatic N) is 2. The number of amides is 1. The van der Waals surface area contributed by atoms with E-state index in [9.17, 15) is 4.79 Å². The SMILES string of the molecule is Cc1cccnc1CNC(=O)c1c(N)n[nH]c1C. The van der Waals surface area contributed by atoms with Crippen LogP contribution in [0.2, 0.25) is 0 Å². The maximum Gasteiger partial charge on any atom is 0.257 e. The molecule has 18 heavy (non-hydrogen) atoms. The summed E-state index contributed by atoms with van der Waals surface area (Å²) in [6, 6.07) is 3.81. The molecule has 0 unspecified atom stereocenters. The topological polar surface area (TPSA) is 96.7 Å². The van der Waals surface area contributed by atoms with Gasteiger partial charge in [0.15, 0.2) is 5.82 Å². The van der Waals surface area contributed by atoms with Gasteiger partial charge in [0.25, 0.3) is 5.91 Å². The van der Waals surface area contributed by atoms with Crippen LogP contribution in [0.15, 0.2) is 18.3 Å². The van der Waals surface area contributed by atoms with E-state index in [2.05, 4.69) is 20.5 Å². The lowest BCUT2D eigenvalue weighted by atomic mass is 10.2. The fourth-order valence-corrected chi connectivity index (χ4v) is 1.69. The Bertz CT molecular complexity index is 556. The zero-order chi connectivity index (χ0) is 13.1. The van der Waals surface area contributed by atoms with Crippen molar-refractivity contribution in [1.82, 2.24) is 20.5 Å². The van der Waals surface area contributed by atoms with Crippen LogP contribution in [0.5, 0.6) is 0 Å². The van der Waals surface area contributed by atoms with Gasteiger partial charge in [0, 0.05) is 11.9 Å². The number of aromatic amines is 1. The molecule has 0 saturated carbocycles. The van der Waals surface area contributed by atoms with E-state index in [0.29, 0.717) is 17.8 Å². The Kier molecular flexibility index (Phi) is 3.27. The third-order valence-electron chi connectivity index (χ3n) is 2.74. The maximum atomic E-state index is 12.0. The largest absolute Gasteiger partial charge is 0.382 e. The zero-order valence-corrected chi connectivity index (χ0v) is 10.3. The van der Waals surface area contributed by atoms with Crippen molar-refractivity contribution in [2.45, 2.75) is 20.4 Å². The van der Waals surface area contributed by atoms with E-state index in [4.69, 9.17) is 5.73 Å². The first-order valence-electron chi connectivity index (χ1n) is 5.58. The van der Waals surface area contributed by atoms with Gasteiger partial charge in [-0.05, 0) is 25.5 Å². The Morgan fingerprint density at radius 3 is 2.89 bits per heavy atom. The minimum Gasteiger partial charge on any atom is -0.382 e. The number of rotatable bonds is 3. The molecule has 94 valence electrons. The Balaban J connectivity index is 2.08. The van der Waals surface area contributed by atoms with E-state index in [1.54, 1.807) is 13.1 Å². The molecule has 0 aliphatic carbocycles. The number of hydrogen-bond acceptors (Lipinski definition) is 4. The predicted molar refractivity (Wildman–Crippen MR) is 67.9 cm³/mol. The number of H-pyrrole nitrogens is 1. The van der Waals surface area contributed by atoms with Crippen molar-refractivity contribution in [2.75, 3.05) is 5.73 Å². The lowest BCUT2D eigenvalue weighted by molar-refractivity contribution is 0.0950. The fourth-order valence-electron chi connectivity index (χ4n) is 1.69. The van der Waals surface area contributed by atoms with Gasteiger partial charge in [-0.25, -0.2) is 0 Å². The highest BCUT2D eigenvalue weighted by molar-refractivity contribution is 5.99. The van der Waals surface area contributed by atoms with E-state index >= 15 is 0 Å². The smallest absolute Gasteiger partial charge is 0.257 e. The minimum absolute atomic E-state index is 0.211. The molecule has 0 fully saturated rings. The third-order valence-corrected chi connectivity index (χ3v) is 2.74. The predicted octanol–water partition coefficient (Wildman–Crippen LogP) is 0.934. The summed E-state index contributed by atoms with van der Waals surface area (Å²) in [4.78, 5) is 16.2. The van der Waals surface area contributed by atoms with Crippen LogP contribution in [0.4, 0.5) is 5.82 Å². The van der Waals surface area contributed by atoms with E-state index < -0.39 is 0 Å². The van der Waals surface area contributed by atoms with E-state index in [0.717, 1.165) is 11.3 Å². The summed E-state index contributed by atoms with van der Waals surface area (Å²) in [7, 11) is 0. The normalized spacial score (nSPS) is 10.3. The van der Waals surface area contributed by atoms with Gasteiger partial charge in [-0.15, -0.1) is 0 Å². The number of carbonyl (C=O) groups excluding carboxylic acids is 1. The van der Waals surface area contributed by atoms with Gasteiger partial charge in [0.1, 0.15) is 5.56 Å². The molecule has 4 N–H and O–H groups in total. The quantitative estimate of drug-likeness (QED) is 0.749. The highest BCUT2D eigenvalue weighted by Crippen LogP contribution is 2.12. The molecule has 0 radical (unpaired) electrons. The van der Waals surface area contributed by atoms with Crippen molar-refractivity contribution in [3.8, 4) is 0 Å². The monoisotopic (exact) mass is 245 g/mol. The summed E-state index contributed by atoms with van der Waals surface area (Å²) in [6.07, 6.45) is 1.70. The van der Waals surface area contributed by atoms with E-state index in [-0.39, 0.29) is 11.7 Å². The van der Waals surface area contributed by atoms with Gasteiger partial charge in [-0.2, -0.15) is 5.10 Å². The van der Waals surface area contributed by atoms with Crippen molar-refractivity contribution in [3.63, 3.8) is 0 Å². The number of hydrogen-bond donors (Lipinski definition) is 3. The lowest BCUT2D eigenvalue weighted by Crippen LogP contribution is -2.24. The Morgan fingerprint density at radius 1 is 1.50 bits per heavy atom. The molecule has 0 spiro atoms. The van der Waals surface area contributed by atoms with Crippen LogP contribution in [0, 0.1) is 13.8 Å². The molecule has 1 amide bonds. The standard InChI is InChI=1S/C12H15N5O/c1-7-4-3-5-14-9(7)6-15-12(18)10-8(2)16-17-11(10)13/h3-5H,6H2,1-2H3,(H,15,18)(H3,13,16,17). The van der Waals surface area contributed by atoms with Gasteiger partial charge >= 0.3 is 0 Å². The summed E-state index contributed by atoms with van der Waals surface area (Å²) in [5, 5.41) is 9.24. The van der Waals surface area contributed by atoms with Gasteiger partial charge in [0.2, 0.25) is 0 Å². The highest BCUT2D eigenvalue weighted by atomic mass is 16.1. The van der Waals surface area contributed by atoms with Gasteiger partial charge in [0.05, 0.1) is 12.2 Å². The molecule has 6 nitrogen and oxygen atoms in total. The molecule has 6 heteroatoms. The summed E-state index contributed by atoms with van der Waals surface area (Å²) in [5.41, 5.74) is 8.55. The number of aromatic nitrogens is 3. The number of carbonyl (C=O) groups is 1. The maximum absolute atomic E-state index is 12.0. The molecule has 2 heterocycles. The van der Waals surface area contributed by atoms with Gasteiger partial charge in [-0.1, -0.05) is 6.07 Å². The first-order chi connectivity index (χ1) is 8.59. The molecule has 0 aliphatic heterocycles. The Hall–Kier alpha value is -2.37. The number of nitrogen functional groups attached to an aromatic ring is 1. The molecule has 0 saturated heterocycles. The fraction of sp³-hybridized carbons (Fsp3) is 0.250. The second kappa shape index (κ2) is 4.87. The van der Waals surface area contributed by atoms with Crippen molar-refractivity contribution in [1.29, 1.82) is 0 Å². The van der Waals surface area contributed by atoms with Gasteiger partial charge in [-0.3, -0.25) is 14.9 Å². The molecule has 0 aromatic carbocycles. The Labute approximate surface area is 105 Å². The first kappa shape index (κ1) is 12.1. The first-order valence-corrected chi connectivity index (χ1v) is 5.58. The van der Waals surface area contributed by atoms with Crippen LogP contribution < -0.4 is 11.1 Å². The number of aryl methyl sites for hydroxylation is 2. The number of pyridine rings is 1. The number of nitrogens with one attached hydrogen (secondary N) is 2. The van der Waals surface area contributed by atoms with Crippen LogP contribution >= 0.6 is 0 Å². The molecule has 0 atom stereocenters. The third kappa shape index (κ3) is 2.32. The highest BCUT2D eigenvalue weighted by Gasteiger charge is 2.15. The van der Waals surface area contributed by atoms with Crippen molar-refractivity contribution < 1.29 is 4.79 Å². The molecule has 0 aliphatic rings. The molecule has 2 rings (SSSR count). The molecular weight excluding hydrogens is 230 g/mol. The second-order valence-corrected chi connectivity index (χ2v) is 4.06. The van der Waals surface area contributed by atoms with Crippen molar-refractivity contribution in [2.24, 2.45) is 0 Å². The lowest BCUT2D eigenvalue weighted by Gasteiger charge is -2.06. The van der Waals surface area contributed by atoms with Crippen molar-refractivity contribution >= 4 is 11.7 Å². The number of nitrogens with two attached hydrogens (primary N) is 1. The number of anilines is 1. The molecular formula is C12H15N5O. The average Bonchev–Trinajstić information content (AvgIpc) is 2.68. The van der Waals surface area contributed by atoms with Crippen LogP contribution in [0.3, 0.4) is 0 Å². The van der Waals surface area contributed by atoms with E-state index in [1.807, 2.05) is 19.1 Å². The molecule has 2 aromatic heterocycles. The van der Waals surface area contributed by atoms with Crippen LogP contribution in [-0.2, 0) is 6.54 Å². The van der Waals surface area contributed by atoms with Crippen LogP contribution in [0.25, 0.3) is 0 Å². The summed E-state index contributed by atoms with van der Waals surface area (Å²) in [5.74, 6) is -0.0356. The second-order valence-electron chi connectivity index (χ2n) is 4.06. The summed E-state index contributed by atoms with van der Waals surface area (Å²) < 4.78 is 0.